The normalized spacial score (nSPS) is 19.8. The first-order chi connectivity index (χ1) is 11.2. The van der Waals surface area contributed by atoms with E-state index in [-0.39, 0.29) is 5.91 Å². The van der Waals surface area contributed by atoms with E-state index in [9.17, 15) is 13.2 Å². The van der Waals surface area contributed by atoms with Gasteiger partial charge in [-0.1, -0.05) is 26.0 Å². The standard InChI is InChI=1S/C18H28N2O3S/c1-5-17(18(21)19-11-7-9-15(3)13-19)20(24(4,22)23)16-10-6-8-14(2)12-16/h6,8,10,12,15,17H,5,7,9,11,13H2,1-4H3/t15-,17+/m0/s1. The minimum atomic E-state index is -3.56. The smallest absolute Gasteiger partial charge is 0.246 e. The molecule has 1 aromatic carbocycles. The summed E-state index contributed by atoms with van der Waals surface area (Å²) in [5, 5.41) is 0. The summed E-state index contributed by atoms with van der Waals surface area (Å²) >= 11 is 0. The molecule has 1 aromatic rings. The Morgan fingerprint density at radius 3 is 2.67 bits per heavy atom. The first kappa shape index (κ1) is 18.8. The van der Waals surface area contributed by atoms with E-state index in [0.717, 1.165) is 18.4 Å². The van der Waals surface area contributed by atoms with Crippen molar-refractivity contribution in [1.82, 2.24) is 4.90 Å². The second-order valence-corrected chi connectivity index (χ2v) is 8.71. The van der Waals surface area contributed by atoms with Crippen LogP contribution in [0.3, 0.4) is 0 Å². The van der Waals surface area contributed by atoms with Gasteiger partial charge in [-0.05, 0) is 49.8 Å². The summed E-state index contributed by atoms with van der Waals surface area (Å²) in [5.74, 6) is 0.377. The summed E-state index contributed by atoms with van der Waals surface area (Å²) in [4.78, 5) is 14.9. The molecule has 0 aromatic heterocycles. The Balaban J connectivity index is 2.37. The molecule has 0 spiro atoms. The first-order valence-electron chi connectivity index (χ1n) is 8.59. The average molecular weight is 353 g/mol. The van der Waals surface area contributed by atoms with Crippen LogP contribution in [0.5, 0.6) is 0 Å². The number of aryl methyl sites for hydroxylation is 1. The number of rotatable bonds is 5. The molecule has 24 heavy (non-hydrogen) atoms. The molecule has 1 aliphatic heterocycles. The van der Waals surface area contributed by atoms with Crippen molar-refractivity contribution in [2.45, 2.75) is 46.1 Å². The lowest BCUT2D eigenvalue weighted by Gasteiger charge is -2.37. The van der Waals surface area contributed by atoms with Crippen LogP contribution < -0.4 is 4.31 Å². The zero-order chi connectivity index (χ0) is 17.9. The van der Waals surface area contributed by atoms with Gasteiger partial charge in [0, 0.05) is 13.1 Å². The van der Waals surface area contributed by atoms with Gasteiger partial charge in [0.2, 0.25) is 15.9 Å². The highest BCUT2D eigenvalue weighted by Crippen LogP contribution is 2.26. The number of sulfonamides is 1. The summed E-state index contributed by atoms with van der Waals surface area (Å²) < 4.78 is 26.2. The van der Waals surface area contributed by atoms with E-state index in [1.54, 1.807) is 6.07 Å². The largest absolute Gasteiger partial charge is 0.341 e. The van der Waals surface area contributed by atoms with Gasteiger partial charge in [0.1, 0.15) is 6.04 Å². The van der Waals surface area contributed by atoms with Crippen LogP contribution in [-0.4, -0.2) is 44.6 Å². The van der Waals surface area contributed by atoms with Crippen LogP contribution in [0.2, 0.25) is 0 Å². The lowest BCUT2D eigenvalue weighted by molar-refractivity contribution is -0.134. The van der Waals surface area contributed by atoms with Crippen LogP contribution in [0.1, 0.15) is 38.7 Å². The van der Waals surface area contributed by atoms with Crippen molar-refractivity contribution in [3.05, 3.63) is 29.8 Å². The van der Waals surface area contributed by atoms with E-state index in [2.05, 4.69) is 6.92 Å². The van der Waals surface area contributed by atoms with Crippen molar-refractivity contribution < 1.29 is 13.2 Å². The molecule has 0 saturated carbocycles. The van der Waals surface area contributed by atoms with Gasteiger partial charge in [-0.2, -0.15) is 0 Å². The van der Waals surface area contributed by atoms with E-state index in [4.69, 9.17) is 0 Å². The van der Waals surface area contributed by atoms with Crippen LogP contribution in [-0.2, 0) is 14.8 Å². The van der Waals surface area contributed by atoms with E-state index in [1.165, 1.54) is 10.6 Å². The second-order valence-electron chi connectivity index (χ2n) is 6.85. The third kappa shape index (κ3) is 4.29. The monoisotopic (exact) mass is 352 g/mol. The van der Waals surface area contributed by atoms with Crippen molar-refractivity contribution >= 4 is 21.6 Å². The molecule has 0 unspecified atom stereocenters. The Morgan fingerprint density at radius 1 is 1.42 bits per heavy atom. The van der Waals surface area contributed by atoms with Gasteiger partial charge in [-0.15, -0.1) is 0 Å². The lowest BCUT2D eigenvalue weighted by Crippen LogP contribution is -2.52. The number of anilines is 1. The fraction of sp³-hybridized carbons (Fsp3) is 0.611. The molecule has 0 radical (unpaired) electrons. The molecule has 0 bridgehead atoms. The number of benzene rings is 1. The number of piperidine rings is 1. The highest BCUT2D eigenvalue weighted by atomic mass is 32.2. The van der Waals surface area contributed by atoms with Crippen molar-refractivity contribution in [3.63, 3.8) is 0 Å². The number of hydrogen-bond acceptors (Lipinski definition) is 3. The molecule has 6 heteroatoms. The van der Waals surface area contributed by atoms with E-state index < -0.39 is 16.1 Å². The van der Waals surface area contributed by atoms with Gasteiger partial charge in [0.25, 0.3) is 0 Å². The summed E-state index contributed by atoms with van der Waals surface area (Å²) in [7, 11) is -3.56. The third-order valence-corrected chi connectivity index (χ3v) is 5.72. The fourth-order valence-electron chi connectivity index (χ4n) is 3.41. The number of amides is 1. The van der Waals surface area contributed by atoms with Crippen molar-refractivity contribution in [3.8, 4) is 0 Å². The second kappa shape index (κ2) is 7.55. The first-order valence-corrected chi connectivity index (χ1v) is 10.4. The average Bonchev–Trinajstić information content (AvgIpc) is 2.50. The Labute approximate surface area is 145 Å². The number of likely N-dealkylation sites (tertiary alicyclic amines) is 1. The Bertz CT molecular complexity index is 687. The summed E-state index contributed by atoms with van der Waals surface area (Å²) in [6, 6.07) is 6.62. The molecule has 134 valence electrons. The van der Waals surface area contributed by atoms with Gasteiger partial charge < -0.3 is 4.90 Å². The summed E-state index contributed by atoms with van der Waals surface area (Å²) in [6.45, 7) is 7.34. The highest BCUT2D eigenvalue weighted by Gasteiger charge is 2.35. The molecule has 1 saturated heterocycles. The molecule has 1 heterocycles. The summed E-state index contributed by atoms with van der Waals surface area (Å²) in [6.07, 6.45) is 3.72. The van der Waals surface area contributed by atoms with Crippen LogP contribution in [0, 0.1) is 12.8 Å². The van der Waals surface area contributed by atoms with Crippen LogP contribution in [0.4, 0.5) is 5.69 Å². The fourth-order valence-corrected chi connectivity index (χ4v) is 4.61. The molecule has 0 aliphatic carbocycles. The highest BCUT2D eigenvalue weighted by molar-refractivity contribution is 7.92. The predicted octanol–water partition coefficient (Wildman–Crippen LogP) is 2.80. The predicted molar refractivity (Wildman–Crippen MR) is 97.6 cm³/mol. The zero-order valence-corrected chi connectivity index (χ0v) is 15.8. The van der Waals surface area contributed by atoms with E-state index >= 15 is 0 Å². The molecule has 1 aliphatic rings. The van der Waals surface area contributed by atoms with Gasteiger partial charge in [0.15, 0.2) is 0 Å². The molecular formula is C18H28N2O3S. The van der Waals surface area contributed by atoms with Crippen LogP contribution in [0.25, 0.3) is 0 Å². The molecule has 2 rings (SSSR count). The zero-order valence-electron chi connectivity index (χ0n) is 15.0. The lowest BCUT2D eigenvalue weighted by atomic mass is 9.99. The number of hydrogen-bond donors (Lipinski definition) is 0. The Hall–Kier alpha value is -1.56. The van der Waals surface area contributed by atoms with Crippen molar-refractivity contribution in [2.75, 3.05) is 23.7 Å². The topological polar surface area (TPSA) is 57.7 Å². The van der Waals surface area contributed by atoms with Gasteiger partial charge in [-0.25, -0.2) is 8.42 Å². The maximum atomic E-state index is 13.0. The van der Waals surface area contributed by atoms with Crippen molar-refractivity contribution in [2.24, 2.45) is 5.92 Å². The Morgan fingerprint density at radius 2 is 2.12 bits per heavy atom. The molecule has 0 N–H and O–H groups in total. The van der Waals surface area contributed by atoms with Crippen molar-refractivity contribution in [1.29, 1.82) is 0 Å². The van der Waals surface area contributed by atoms with E-state index in [0.29, 0.717) is 31.1 Å². The molecular weight excluding hydrogens is 324 g/mol. The molecule has 1 fully saturated rings. The number of carbonyl (C=O) groups is 1. The van der Waals surface area contributed by atoms with Gasteiger partial charge in [0.05, 0.1) is 11.9 Å². The number of carbonyl (C=O) groups excluding carboxylic acids is 1. The van der Waals surface area contributed by atoms with Gasteiger partial charge >= 0.3 is 0 Å². The quantitative estimate of drug-likeness (QED) is 0.819. The maximum absolute atomic E-state index is 13.0. The molecule has 1 amide bonds. The molecule has 2 atom stereocenters. The Kier molecular flexibility index (Phi) is 5.91. The SMILES string of the molecule is CC[C@H](C(=O)N1CCC[C@H](C)C1)N(c1cccc(C)c1)S(C)(=O)=O. The van der Waals surface area contributed by atoms with Crippen LogP contribution in [0.15, 0.2) is 24.3 Å². The third-order valence-electron chi connectivity index (χ3n) is 4.54. The summed E-state index contributed by atoms with van der Waals surface area (Å²) in [5.41, 5.74) is 1.53. The molecule has 5 nitrogen and oxygen atoms in total. The van der Waals surface area contributed by atoms with Gasteiger partial charge in [-0.3, -0.25) is 9.10 Å². The maximum Gasteiger partial charge on any atom is 0.246 e. The minimum absolute atomic E-state index is 0.0871. The number of nitrogens with zero attached hydrogens (tertiary/aromatic N) is 2. The minimum Gasteiger partial charge on any atom is -0.341 e. The van der Waals surface area contributed by atoms with E-state index in [1.807, 2.05) is 36.9 Å². The van der Waals surface area contributed by atoms with Crippen LogP contribution >= 0.6 is 0 Å².